The van der Waals surface area contributed by atoms with E-state index < -0.39 is 5.97 Å². The summed E-state index contributed by atoms with van der Waals surface area (Å²) in [5.74, 6) is 0.315. The Morgan fingerprint density at radius 1 is 0.782 bits per heavy atom. The van der Waals surface area contributed by atoms with Gasteiger partial charge in [0.05, 0.1) is 38.0 Å². The molecule has 8 rings (SSSR count). The molecular weight excluding hydrogens is 747 g/mol. The number of amides is 1. The molecule has 0 atom stereocenters. The predicted molar refractivity (Wildman–Crippen MR) is 211 cm³/mol. The quantitative estimate of drug-likeness (QED) is 0.145. The number of carbonyl (C=O) groups is 2. The van der Waals surface area contributed by atoms with Gasteiger partial charge in [0.2, 0.25) is 0 Å². The highest BCUT2D eigenvalue weighted by Crippen LogP contribution is 2.27. The lowest BCUT2D eigenvalue weighted by Gasteiger charge is -2.20. The van der Waals surface area contributed by atoms with Crippen molar-refractivity contribution < 1.29 is 24.2 Å². The van der Waals surface area contributed by atoms with Gasteiger partial charge in [-0.3, -0.25) is 4.79 Å². The normalized spacial score (nSPS) is 13.3. The standard InChI is InChI=1S/C19H20ClN5O2.C16H15ClN4O3.C3H7N/c1-24(11-12-3-7-14(27-2)8-4-12)15-9-17(20)23-25-16(10-21-18(15)25)19(26)22-13-5-6-13;1-20(9-10-3-5-11(24-2)6-4-10)12-7-14(17)19-21-13(16(22)23)8-18-15(12)21;4-3-1-2-3/h3-4,7-10,13H,5-6,11H2,1-2H3,(H,22,26);3-8H,9H2,1-2H3,(H,22,23);3H,1-2,4H2. The molecule has 0 aliphatic heterocycles. The zero-order valence-electron chi connectivity index (χ0n) is 30.8. The summed E-state index contributed by atoms with van der Waals surface area (Å²) < 4.78 is 13.1. The molecule has 2 aromatic carbocycles. The van der Waals surface area contributed by atoms with Crippen molar-refractivity contribution in [2.75, 3.05) is 38.1 Å². The van der Waals surface area contributed by atoms with Crippen LogP contribution in [-0.2, 0) is 13.1 Å². The number of halogens is 2. The minimum Gasteiger partial charge on any atom is -0.497 e. The minimum absolute atomic E-state index is 0.0356. The molecule has 0 unspecified atom stereocenters. The van der Waals surface area contributed by atoms with Crippen LogP contribution in [0.3, 0.4) is 0 Å². The second-order valence-corrected chi connectivity index (χ2v) is 14.0. The summed E-state index contributed by atoms with van der Waals surface area (Å²) in [6.07, 6.45) is 7.38. The highest BCUT2D eigenvalue weighted by molar-refractivity contribution is 6.30. The molecular formula is C38H42Cl2N10O5. The Balaban J connectivity index is 0.000000170. The summed E-state index contributed by atoms with van der Waals surface area (Å²) in [5.41, 5.74) is 10.3. The second kappa shape index (κ2) is 17.2. The molecule has 17 heteroatoms. The molecule has 1 amide bonds. The van der Waals surface area contributed by atoms with Crippen LogP contribution in [0.25, 0.3) is 11.3 Å². The number of hydrogen-bond acceptors (Lipinski definition) is 11. The van der Waals surface area contributed by atoms with Crippen molar-refractivity contribution in [3.05, 3.63) is 106 Å². The van der Waals surface area contributed by atoms with E-state index in [2.05, 4.69) is 25.5 Å². The van der Waals surface area contributed by atoms with Gasteiger partial charge in [-0.15, -0.1) is 0 Å². The maximum absolute atomic E-state index is 12.4. The topological polar surface area (TPSA) is 178 Å². The summed E-state index contributed by atoms with van der Waals surface area (Å²) in [7, 11) is 7.10. The molecule has 0 saturated heterocycles. The SMILES string of the molecule is COc1ccc(CN(C)c2cc(Cl)nn3c(C(=O)NC4CC4)cnc23)cc1.COc1ccc(CN(C)c2cc(Cl)nn3c(C(=O)O)cnc23)cc1.NC1CC1. The monoisotopic (exact) mass is 788 g/mol. The number of hydrogen-bond donors (Lipinski definition) is 3. The van der Waals surface area contributed by atoms with Crippen molar-refractivity contribution in [2.45, 2.75) is 50.9 Å². The Bertz CT molecular complexity index is 2270. The molecule has 0 spiro atoms. The second-order valence-electron chi connectivity index (χ2n) is 13.3. The van der Waals surface area contributed by atoms with E-state index in [-0.39, 0.29) is 22.8 Å². The lowest BCUT2D eigenvalue weighted by atomic mass is 10.2. The van der Waals surface area contributed by atoms with Gasteiger partial charge < -0.3 is 35.4 Å². The molecule has 0 bridgehead atoms. The van der Waals surface area contributed by atoms with Crippen molar-refractivity contribution in [3.8, 4) is 11.5 Å². The fourth-order valence-electron chi connectivity index (χ4n) is 5.47. The molecule has 6 aromatic rings. The largest absolute Gasteiger partial charge is 0.497 e. The van der Waals surface area contributed by atoms with Gasteiger partial charge in [0, 0.05) is 51.4 Å². The van der Waals surface area contributed by atoms with E-state index >= 15 is 0 Å². The number of carboxylic acids is 1. The average molecular weight is 790 g/mol. The van der Waals surface area contributed by atoms with E-state index in [9.17, 15) is 14.7 Å². The number of carbonyl (C=O) groups excluding carboxylic acids is 1. The molecule has 55 heavy (non-hydrogen) atoms. The molecule has 288 valence electrons. The number of nitrogens with one attached hydrogen (secondary N) is 1. The zero-order chi connectivity index (χ0) is 39.2. The third-order valence-electron chi connectivity index (χ3n) is 8.80. The van der Waals surface area contributed by atoms with Gasteiger partial charge >= 0.3 is 5.97 Å². The van der Waals surface area contributed by atoms with Crippen LogP contribution in [0, 0.1) is 0 Å². The molecule has 2 fully saturated rings. The van der Waals surface area contributed by atoms with Crippen LogP contribution in [0.2, 0.25) is 10.3 Å². The molecule has 4 N–H and O–H groups in total. The van der Waals surface area contributed by atoms with Gasteiger partial charge in [-0.1, -0.05) is 47.5 Å². The summed E-state index contributed by atoms with van der Waals surface area (Å²) in [5, 5.41) is 21.0. The van der Waals surface area contributed by atoms with E-state index in [1.54, 1.807) is 32.5 Å². The fraction of sp³-hybridized carbons (Fsp3) is 0.316. The Morgan fingerprint density at radius 2 is 1.20 bits per heavy atom. The van der Waals surface area contributed by atoms with Gasteiger partial charge in [-0.05, 0) is 61.1 Å². The first kappa shape index (κ1) is 39.1. The number of fused-ring (bicyclic) bond motifs is 2. The Kier molecular flexibility index (Phi) is 12.2. The van der Waals surface area contributed by atoms with E-state index in [4.69, 9.17) is 38.4 Å². The van der Waals surface area contributed by atoms with Gasteiger partial charge in [-0.2, -0.15) is 10.2 Å². The van der Waals surface area contributed by atoms with Crippen LogP contribution in [-0.4, -0.2) is 86.6 Å². The van der Waals surface area contributed by atoms with Gasteiger partial charge in [0.1, 0.15) is 11.5 Å². The number of aromatic carboxylic acids is 1. The highest BCUT2D eigenvalue weighted by Gasteiger charge is 2.26. The van der Waals surface area contributed by atoms with Crippen molar-refractivity contribution in [3.63, 3.8) is 0 Å². The van der Waals surface area contributed by atoms with Crippen molar-refractivity contribution in [1.82, 2.24) is 34.5 Å². The van der Waals surface area contributed by atoms with Crippen LogP contribution >= 0.6 is 23.2 Å². The number of carboxylic acid groups (broad SMARTS) is 1. The Hall–Kier alpha value is -5.64. The molecule has 15 nitrogen and oxygen atoms in total. The highest BCUT2D eigenvalue weighted by atomic mass is 35.5. The first-order chi connectivity index (χ1) is 26.4. The summed E-state index contributed by atoms with van der Waals surface area (Å²) in [6, 6.07) is 19.8. The zero-order valence-corrected chi connectivity index (χ0v) is 32.3. The van der Waals surface area contributed by atoms with Gasteiger partial charge in [0.25, 0.3) is 5.91 Å². The lowest BCUT2D eigenvalue weighted by Crippen LogP contribution is -2.27. The summed E-state index contributed by atoms with van der Waals surface area (Å²) in [4.78, 5) is 36.2. The number of imidazole rings is 2. The summed E-state index contributed by atoms with van der Waals surface area (Å²) in [6.45, 7) is 1.24. The molecule has 4 heterocycles. The molecule has 0 radical (unpaired) electrons. The maximum Gasteiger partial charge on any atom is 0.356 e. The van der Waals surface area contributed by atoms with Crippen LogP contribution < -0.4 is 30.3 Å². The fourth-order valence-corrected chi connectivity index (χ4v) is 5.83. The van der Waals surface area contributed by atoms with E-state index in [0.29, 0.717) is 47.0 Å². The number of benzene rings is 2. The third-order valence-corrected chi connectivity index (χ3v) is 9.17. The smallest absolute Gasteiger partial charge is 0.356 e. The van der Waals surface area contributed by atoms with Crippen LogP contribution in [0.1, 0.15) is 57.8 Å². The minimum atomic E-state index is -1.11. The van der Waals surface area contributed by atoms with E-state index in [1.165, 1.54) is 28.1 Å². The third kappa shape index (κ3) is 9.92. The van der Waals surface area contributed by atoms with Crippen molar-refractivity contribution in [2.24, 2.45) is 5.73 Å². The number of ether oxygens (including phenoxy) is 2. The van der Waals surface area contributed by atoms with Gasteiger partial charge in [0.15, 0.2) is 33.0 Å². The van der Waals surface area contributed by atoms with Crippen molar-refractivity contribution >= 4 is 57.7 Å². The number of anilines is 2. The van der Waals surface area contributed by atoms with Crippen LogP contribution in [0.15, 0.2) is 73.1 Å². The van der Waals surface area contributed by atoms with E-state index in [1.807, 2.05) is 72.4 Å². The van der Waals surface area contributed by atoms with Crippen LogP contribution in [0.5, 0.6) is 11.5 Å². The number of aromatic nitrogens is 6. The number of nitrogens with zero attached hydrogens (tertiary/aromatic N) is 8. The van der Waals surface area contributed by atoms with Crippen LogP contribution in [0.4, 0.5) is 11.4 Å². The summed E-state index contributed by atoms with van der Waals surface area (Å²) >= 11 is 12.3. The first-order valence-electron chi connectivity index (χ1n) is 17.5. The average Bonchev–Trinajstić information content (AvgIpc) is 4.07. The Morgan fingerprint density at radius 3 is 1.58 bits per heavy atom. The molecule has 2 saturated carbocycles. The molecule has 2 aliphatic carbocycles. The van der Waals surface area contributed by atoms with E-state index in [0.717, 1.165) is 41.2 Å². The Labute approximate surface area is 327 Å². The number of rotatable bonds is 11. The number of nitrogens with two attached hydrogens (primary N) is 1. The maximum atomic E-state index is 12.4. The lowest BCUT2D eigenvalue weighted by molar-refractivity contribution is 0.0687. The number of methoxy groups -OCH3 is 2. The first-order valence-corrected chi connectivity index (χ1v) is 18.3. The van der Waals surface area contributed by atoms with Crippen molar-refractivity contribution in [1.29, 1.82) is 0 Å². The van der Waals surface area contributed by atoms with Gasteiger partial charge in [-0.25, -0.2) is 23.8 Å². The molecule has 2 aliphatic rings. The predicted octanol–water partition coefficient (Wildman–Crippen LogP) is 5.75. The molecule has 4 aromatic heterocycles.